The monoisotopic (exact) mass is 462 g/mol. The number of anilines is 1. The van der Waals surface area contributed by atoms with Crippen LogP contribution in [0.2, 0.25) is 0 Å². The molecule has 6 atom stereocenters. The van der Waals surface area contributed by atoms with Gasteiger partial charge in [0, 0.05) is 41.1 Å². The van der Waals surface area contributed by atoms with Crippen LogP contribution in [0.15, 0.2) is 36.4 Å². The predicted molar refractivity (Wildman–Crippen MR) is 141 cm³/mol. The van der Waals surface area contributed by atoms with Gasteiger partial charge >= 0.3 is 0 Å². The second-order valence-electron chi connectivity index (χ2n) is 12.8. The Morgan fingerprint density at radius 1 is 1.03 bits per heavy atom. The Labute approximate surface area is 208 Å². The molecule has 3 aliphatic carbocycles. The van der Waals surface area contributed by atoms with Crippen molar-refractivity contribution in [3.05, 3.63) is 69.8 Å². The van der Waals surface area contributed by atoms with Crippen LogP contribution in [-0.4, -0.2) is 43.7 Å². The van der Waals surface area contributed by atoms with Gasteiger partial charge in [-0.2, -0.15) is 0 Å². The Bertz CT molecular complexity index is 1490. The molecule has 2 bridgehead atoms. The van der Waals surface area contributed by atoms with Crippen molar-refractivity contribution in [2.24, 2.45) is 5.41 Å². The Morgan fingerprint density at radius 3 is 2.77 bits per heavy atom. The van der Waals surface area contributed by atoms with E-state index in [0.717, 1.165) is 0 Å². The number of hydrogen-bond donors (Lipinski definition) is 0. The van der Waals surface area contributed by atoms with E-state index in [1.807, 2.05) is 0 Å². The highest BCUT2D eigenvalue weighted by Crippen LogP contribution is 2.72. The molecule has 1 spiro atoms. The van der Waals surface area contributed by atoms with Crippen molar-refractivity contribution in [1.82, 2.24) is 4.90 Å². The van der Waals surface area contributed by atoms with Gasteiger partial charge in [-0.1, -0.05) is 43.3 Å². The van der Waals surface area contributed by atoms with E-state index in [9.17, 15) is 0 Å². The lowest BCUT2D eigenvalue weighted by molar-refractivity contribution is -0.118. The highest BCUT2D eigenvalue weighted by Gasteiger charge is 2.73. The lowest BCUT2D eigenvalue weighted by atomic mass is 9.42. The summed E-state index contributed by atoms with van der Waals surface area (Å²) in [7, 11) is 4.76. The highest BCUT2D eigenvalue weighted by atomic mass is 16.5. The minimum absolute atomic E-state index is 0.122. The summed E-state index contributed by atoms with van der Waals surface area (Å²) < 4.78 is 7.25. The summed E-state index contributed by atoms with van der Waals surface area (Å²) >= 11 is 0. The Morgan fingerprint density at radius 2 is 1.89 bits per heavy atom. The normalized spacial score (nSPS) is 37.3. The van der Waals surface area contributed by atoms with Crippen LogP contribution in [0.25, 0.3) is 10.8 Å². The summed E-state index contributed by atoms with van der Waals surface area (Å²) in [5.41, 5.74) is 11.1. The van der Waals surface area contributed by atoms with Crippen LogP contribution in [0, 0.1) is 12.3 Å². The minimum atomic E-state index is 0.122. The number of ether oxygens (including phenoxy) is 1. The number of piperidine rings is 1. The van der Waals surface area contributed by atoms with E-state index in [1.54, 1.807) is 33.2 Å². The van der Waals surface area contributed by atoms with Crippen LogP contribution in [-0.2, 0) is 24.7 Å². The standard InChI is InChI=1S/C32H34N2O/c1-17-8-9-20-15-24-31(2)16-23-22-14-19-11-10-18-6-5-7-21(25(18)19)27(22)34(4)28(23)30-32(31,12-13-33(24)3)26(20)29(17)35-30/h5-9,14,23-24,28,30H,10-13,15-16H2,1-4H3/t23?,24-,28?,30+,31+,32+/m1/s1. The second-order valence-corrected chi connectivity index (χ2v) is 12.8. The van der Waals surface area contributed by atoms with Gasteiger partial charge in [0.1, 0.15) is 11.9 Å². The first-order chi connectivity index (χ1) is 16.9. The maximum absolute atomic E-state index is 7.25. The molecule has 0 radical (unpaired) electrons. The summed E-state index contributed by atoms with van der Waals surface area (Å²) in [6, 6.07) is 15.4. The molecule has 3 aliphatic heterocycles. The number of aryl methyl sites for hydroxylation is 3. The maximum Gasteiger partial charge on any atom is 0.130 e. The smallest absolute Gasteiger partial charge is 0.130 e. The van der Waals surface area contributed by atoms with Crippen molar-refractivity contribution in [3.63, 3.8) is 0 Å². The van der Waals surface area contributed by atoms with E-state index < -0.39 is 0 Å². The van der Waals surface area contributed by atoms with Gasteiger partial charge < -0.3 is 14.5 Å². The van der Waals surface area contributed by atoms with Crippen molar-refractivity contribution >= 4 is 16.5 Å². The molecule has 3 aromatic carbocycles. The fourth-order valence-electron chi connectivity index (χ4n) is 10.3. The highest BCUT2D eigenvalue weighted by molar-refractivity contribution is 6.02. The largest absolute Gasteiger partial charge is 0.487 e. The molecule has 3 heterocycles. The maximum atomic E-state index is 7.25. The minimum Gasteiger partial charge on any atom is -0.487 e. The Hall–Kier alpha value is -2.52. The number of rotatable bonds is 0. The van der Waals surface area contributed by atoms with Crippen molar-refractivity contribution in [3.8, 4) is 5.75 Å². The third kappa shape index (κ3) is 1.92. The van der Waals surface area contributed by atoms with Gasteiger partial charge in [-0.25, -0.2) is 0 Å². The molecule has 2 fully saturated rings. The zero-order chi connectivity index (χ0) is 23.4. The zero-order valence-corrected chi connectivity index (χ0v) is 21.3. The molecule has 3 heteroatoms. The average molecular weight is 463 g/mol. The molecular formula is C32H34N2O. The third-order valence-corrected chi connectivity index (χ3v) is 11.7. The van der Waals surface area contributed by atoms with Crippen LogP contribution in [0.4, 0.5) is 5.69 Å². The Balaban J connectivity index is 1.33. The second kappa shape index (κ2) is 5.89. The molecule has 178 valence electrons. The molecule has 1 saturated carbocycles. The van der Waals surface area contributed by atoms with Gasteiger partial charge in [0.25, 0.3) is 0 Å². The molecule has 35 heavy (non-hydrogen) atoms. The van der Waals surface area contributed by atoms with Crippen molar-refractivity contribution in [1.29, 1.82) is 0 Å². The third-order valence-electron chi connectivity index (χ3n) is 11.7. The molecule has 0 N–H and O–H groups in total. The van der Waals surface area contributed by atoms with Crippen LogP contribution < -0.4 is 9.64 Å². The van der Waals surface area contributed by atoms with Gasteiger partial charge in [0.15, 0.2) is 0 Å². The lowest BCUT2D eigenvalue weighted by Crippen LogP contribution is -2.73. The van der Waals surface area contributed by atoms with Crippen LogP contribution in [0.1, 0.15) is 59.1 Å². The number of likely N-dealkylation sites (tertiary alicyclic amines) is 1. The first kappa shape index (κ1) is 19.6. The van der Waals surface area contributed by atoms with Gasteiger partial charge in [-0.05, 0) is 91.2 Å². The number of benzene rings is 3. The summed E-state index contributed by atoms with van der Waals surface area (Å²) in [5, 5.41) is 3.04. The number of fused-ring (bicyclic) bond motifs is 5. The average Bonchev–Trinajstić information content (AvgIpc) is 3.49. The quantitative estimate of drug-likeness (QED) is 0.438. The molecule has 0 amide bonds. The van der Waals surface area contributed by atoms with Gasteiger partial charge in [-0.15, -0.1) is 0 Å². The van der Waals surface area contributed by atoms with E-state index >= 15 is 0 Å². The van der Waals surface area contributed by atoms with Crippen molar-refractivity contribution < 1.29 is 4.74 Å². The number of likely N-dealkylation sites (N-methyl/N-ethyl adjacent to an activating group) is 2. The molecule has 3 nitrogen and oxygen atoms in total. The number of nitrogens with zero attached hydrogens (tertiary/aromatic N) is 2. The predicted octanol–water partition coefficient (Wildman–Crippen LogP) is 5.52. The number of hydrogen-bond acceptors (Lipinski definition) is 3. The molecule has 2 unspecified atom stereocenters. The molecule has 0 aromatic heterocycles. The summed E-state index contributed by atoms with van der Waals surface area (Å²) in [6.45, 7) is 6.09. The first-order valence-corrected chi connectivity index (χ1v) is 13.7. The van der Waals surface area contributed by atoms with Gasteiger partial charge in [0.05, 0.1) is 6.04 Å². The molecule has 9 rings (SSSR count). The van der Waals surface area contributed by atoms with Crippen LogP contribution in [0.5, 0.6) is 5.75 Å². The van der Waals surface area contributed by atoms with Crippen LogP contribution in [0.3, 0.4) is 0 Å². The van der Waals surface area contributed by atoms with E-state index in [0.29, 0.717) is 18.0 Å². The Kier molecular flexibility index (Phi) is 3.30. The van der Waals surface area contributed by atoms with Crippen LogP contribution >= 0.6 is 0 Å². The molecular weight excluding hydrogens is 428 g/mol. The summed E-state index contributed by atoms with van der Waals surface area (Å²) in [4.78, 5) is 5.36. The molecule has 3 aromatic rings. The first-order valence-electron chi connectivity index (χ1n) is 13.7. The summed E-state index contributed by atoms with van der Waals surface area (Å²) in [6.07, 6.45) is 6.27. The van der Waals surface area contributed by atoms with Gasteiger partial charge in [0.2, 0.25) is 0 Å². The van der Waals surface area contributed by atoms with E-state index in [2.05, 4.69) is 74.1 Å². The molecule has 6 aliphatic rings. The van der Waals surface area contributed by atoms with Crippen molar-refractivity contribution in [2.45, 2.75) is 75.5 Å². The summed E-state index contributed by atoms with van der Waals surface area (Å²) in [5.74, 6) is 1.77. The van der Waals surface area contributed by atoms with Gasteiger partial charge in [-0.3, -0.25) is 0 Å². The lowest BCUT2D eigenvalue weighted by Gasteiger charge is -2.66. The molecule has 1 saturated heterocycles. The van der Waals surface area contributed by atoms with E-state index in [4.69, 9.17) is 4.74 Å². The fourth-order valence-corrected chi connectivity index (χ4v) is 10.3. The van der Waals surface area contributed by atoms with E-state index in [1.165, 1.54) is 61.0 Å². The van der Waals surface area contributed by atoms with Crippen molar-refractivity contribution in [2.75, 3.05) is 25.5 Å². The fraction of sp³-hybridized carbons (Fsp3) is 0.500. The van der Waals surface area contributed by atoms with E-state index in [-0.39, 0.29) is 16.9 Å². The topological polar surface area (TPSA) is 15.7 Å². The SMILES string of the molecule is Cc1ccc2c3c1O[C@H]1C4C(C[C@@]5(C)[C@@H](C2)N(C)CC[C@]315)c1cc2c3c(cccc3c1N4C)CC2. The zero-order valence-electron chi connectivity index (χ0n) is 21.3.